The summed E-state index contributed by atoms with van der Waals surface area (Å²) in [7, 11) is 0. The van der Waals surface area contributed by atoms with Gasteiger partial charge in [-0.1, -0.05) is 0 Å². The van der Waals surface area contributed by atoms with E-state index in [-0.39, 0.29) is 39.0 Å². The van der Waals surface area contributed by atoms with Gasteiger partial charge in [-0.3, -0.25) is 0 Å². The van der Waals surface area contributed by atoms with Crippen molar-refractivity contribution in [2.24, 2.45) is 0 Å². The molecule has 0 aromatic heterocycles. The molecule has 26 heavy (non-hydrogen) atoms. The molecule has 0 saturated heterocycles. The van der Waals surface area contributed by atoms with Crippen LogP contribution in [0, 0.1) is 0 Å². The van der Waals surface area contributed by atoms with Crippen molar-refractivity contribution in [3.05, 3.63) is 36.5 Å². The first-order valence-corrected chi connectivity index (χ1v) is 5.18. The van der Waals surface area contributed by atoms with Crippen LogP contribution in [-0.2, 0) is 67.7 Å². The molecule has 0 rings (SSSR count). The van der Waals surface area contributed by atoms with Gasteiger partial charge in [0.2, 0.25) is 0 Å². The second-order valence-corrected chi connectivity index (χ2v) is 2.91. The summed E-state index contributed by atoms with van der Waals surface area (Å²) in [5, 5.41) is 56.5. The average molecular weight is 544 g/mol. The predicted octanol–water partition coefficient (Wildman–Crippen LogP) is -8.88. The van der Waals surface area contributed by atoms with Crippen molar-refractivity contribution < 1.29 is 98.4 Å². The Balaban J connectivity index is -0.0000000817. The monoisotopic (exact) mass is 546 g/mol. The van der Waals surface area contributed by atoms with Gasteiger partial charge in [0.15, 0.2) is 0 Å². The number of hydrogen-bond acceptors (Lipinski definition) is 12. The molecule has 0 aromatic rings. The van der Waals surface area contributed by atoms with E-state index in [1.165, 1.54) is 0 Å². The molecular formula is C12H6O12Ru2. The zero-order chi connectivity index (χ0) is 19.7. The SMILES string of the molecule is O=C([O-])/C=C/C(=O)[O-].O=C([O-])/C=C/C(=O)[O-].O=C([O-])/C=C/C(=O)[O-].[Ru+3].[Ru+3]. The molecular weight excluding hydrogens is 538 g/mol. The van der Waals surface area contributed by atoms with Gasteiger partial charge in [-0.05, 0) is 36.5 Å². The van der Waals surface area contributed by atoms with Crippen LogP contribution in [0.2, 0.25) is 0 Å². The maximum Gasteiger partial charge on any atom is 3.00 e. The van der Waals surface area contributed by atoms with Gasteiger partial charge < -0.3 is 59.4 Å². The predicted molar refractivity (Wildman–Crippen MR) is 57.5 cm³/mol. The molecule has 12 nitrogen and oxygen atoms in total. The fourth-order valence-electron chi connectivity index (χ4n) is 0.408. The summed E-state index contributed by atoms with van der Waals surface area (Å²) >= 11 is 0. The van der Waals surface area contributed by atoms with E-state index in [1.807, 2.05) is 0 Å². The van der Waals surface area contributed by atoms with E-state index in [2.05, 4.69) is 0 Å². The van der Waals surface area contributed by atoms with Gasteiger partial charge in [0.25, 0.3) is 0 Å². The van der Waals surface area contributed by atoms with E-state index in [9.17, 15) is 59.4 Å². The largest absolute Gasteiger partial charge is 3.00 e. The van der Waals surface area contributed by atoms with Crippen molar-refractivity contribution in [3.63, 3.8) is 0 Å². The van der Waals surface area contributed by atoms with Gasteiger partial charge in [-0.2, -0.15) is 0 Å². The van der Waals surface area contributed by atoms with Crippen molar-refractivity contribution in [1.82, 2.24) is 0 Å². The third-order valence-electron chi connectivity index (χ3n) is 1.07. The minimum atomic E-state index is -1.55. The van der Waals surface area contributed by atoms with Gasteiger partial charge in [0.1, 0.15) is 0 Å². The molecule has 2 radical (unpaired) electrons. The summed E-state index contributed by atoms with van der Waals surface area (Å²) < 4.78 is 0. The topological polar surface area (TPSA) is 241 Å². The van der Waals surface area contributed by atoms with E-state index >= 15 is 0 Å². The third-order valence-corrected chi connectivity index (χ3v) is 1.07. The Morgan fingerprint density at radius 3 is 0.462 bits per heavy atom. The van der Waals surface area contributed by atoms with Crippen LogP contribution in [0.5, 0.6) is 0 Å². The minimum Gasteiger partial charge on any atom is -0.545 e. The molecule has 14 heteroatoms. The Hall–Kier alpha value is -2.71. The zero-order valence-electron chi connectivity index (χ0n) is 12.1. The molecule has 0 fully saturated rings. The summed E-state index contributed by atoms with van der Waals surface area (Å²) in [5.74, 6) is -9.28. The Bertz CT molecular complexity index is 448. The number of rotatable bonds is 6. The summed E-state index contributed by atoms with van der Waals surface area (Å²) in [4.78, 5) is 56.5. The molecule has 0 atom stereocenters. The van der Waals surface area contributed by atoms with Gasteiger partial charge in [-0.15, -0.1) is 0 Å². The first-order chi connectivity index (χ1) is 10.9. The molecule has 0 heterocycles. The maximum absolute atomic E-state index is 9.41. The fourth-order valence-corrected chi connectivity index (χ4v) is 0.408. The minimum absolute atomic E-state index is 0. The van der Waals surface area contributed by atoms with Crippen molar-refractivity contribution in [2.45, 2.75) is 0 Å². The van der Waals surface area contributed by atoms with Gasteiger partial charge in [-0.25, -0.2) is 0 Å². The molecule has 0 unspecified atom stereocenters. The zero-order valence-corrected chi connectivity index (χ0v) is 15.5. The second kappa shape index (κ2) is 22.3. The number of carboxylic acids is 6. The molecule has 0 aliphatic carbocycles. The number of carboxylic acid groups (broad SMARTS) is 6. The van der Waals surface area contributed by atoms with Gasteiger partial charge in [0.05, 0.1) is 35.8 Å². The summed E-state index contributed by atoms with van der Waals surface area (Å²) in [6.45, 7) is 0. The maximum atomic E-state index is 9.41. The van der Waals surface area contributed by atoms with E-state index in [0.717, 1.165) is 0 Å². The molecule has 0 N–H and O–H groups in total. The standard InChI is InChI=1S/3C4H4O4.2Ru/c3*5-3(6)1-2-4(7)8;;/h3*1-2H,(H,5,6)(H,7,8);;/q;;;2*+3/p-6/b3*2-1+;;. The summed E-state index contributed by atoms with van der Waals surface area (Å²) in [6, 6.07) is 0. The van der Waals surface area contributed by atoms with Crippen molar-refractivity contribution in [3.8, 4) is 0 Å². The second-order valence-electron chi connectivity index (χ2n) is 2.91. The first-order valence-electron chi connectivity index (χ1n) is 5.18. The van der Waals surface area contributed by atoms with E-state index in [1.54, 1.807) is 0 Å². The van der Waals surface area contributed by atoms with Crippen LogP contribution in [0.4, 0.5) is 0 Å². The molecule has 0 amide bonds. The van der Waals surface area contributed by atoms with Crippen molar-refractivity contribution in [1.29, 1.82) is 0 Å². The van der Waals surface area contributed by atoms with Gasteiger partial charge in [0, 0.05) is 0 Å². The first kappa shape index (κ1) is 34.6. The quantitative estimate of drug-likeness (QED) is 0.224. The number of carbonyl (C=O) groups excluding carboxylic acids is 6. The molecule has 142 valence electrons. The van der Waals surface area contributed by atoms with Crippen LogP contribution < -0.4 is 30.6 Å². The number of hydrogen-bond donors (Lipinski definition) is 0. The molecule has 0 saturated carbocycles. The van der Waals surface area contributed by atoms with Crippen molar-refractivity contribution >= 4 is 35.8 Å². The van der Waals surface area contributed by atoms with Crippen LogP contribution in [0.25, 0.3) is 0 Å². The Kier molecular flexibility index (Phi) is 29.6. The molecule has 0 spiro atoms. The normalized spacial score (nSPS) is 8.77. The van der Waals surface area contributed by atoms with Crippen LogP contribution in [0.1, 0.15) is 0 Å². The van der Waals surface area contributed by atoms with Crippen LogP contribution in [0.3, 0.4) is 0 Å². The smallest absolute Gasteiger partial charge is 0.545 e. The fraction of sp³-hybridized carbons (Fsp3) is 0. The molecule has 0 aromatic carbocycles. The third kappa shape index (κ3) is 58.0. The summed E-state index contributed by atoms with van der Waals surface area (Å²) in [5.41, 5.74) is 0. The Morgan fingerprint density at radius 1 is 0.346 bits per heavy atom. The van der Waals surface area contributed by atoms with Gasteiger partial charge >= 0.3 is 39.0 Å². The van der Waals surface area contributed by atoms with E-state index in [0.29, 0.717) is 36.5 Å². The van der Waals surface area contributed by atoms with Crippen LogP contribution >= 0.6 is 0 Å². The number of carbonyl (C=O) groups is 6. The van der Waals surface area contributed by atoms with Crippen molar-refractivity contribution in [2.75, 3.05) is 0 Å². The molecule has 0 aliphatic heterocycles. The molecule has 0 bridgehead atoms. The van der Waals surface area contributed by atoms with Crippen LogP contribution in [-0.4, -0.2) is 35.8 Å². The Morgan fingerprint density at radius 2 is 0.423 bits per heavy atom. The Labute approximate surface area is 170 Å². The average Bonchev–Trinajstić information content (AvgIpc) is 2.42. The van der Waals surface area contributed by atoms with Crippen LogP contribution in [0.15, 0.2) is 36.5 Å². The van der Waals surface area contributed by atoms with E-state index in [4.69, 9.17) is 0 Å². The summed E-state index contributed by atoms with van der Waals surface area (Å²) in [6.07, 6.45) is 2.31. The number of aliphatic carboxylic acids is 6. The molecule has 0 aliphatic rings. The van der Waals surface area contributed by atoms with E-state index < -0.39 is 35.8 Å².